The molecule has 240 valence electrons. The average Bonchev–Trinajstić information content (AvgIpc) is 3.46. The van der Waals surface area contributed by atoms with Crippen LogP contribution < -0.4 is 5.56 Å². The predicted octanol–water partition coefficient (Wildman–Crippen LogP) is 6.91. The van der Waals surface area contributed by atoms with Crippen molar-refractivity contribution in [1.82, 2.24) is 9.55 Å². The van der Waals surface area contributed by atoms with Crippen LogP contribution in [0.3, 0.4) is 0 Å². The zero-order valence-corrected chi connectivity index (χ0v) is 26.9. The van der Waals surface area contributed by atoms with Gasteiger partial charge in [-0.3, -0.25) is 18.4 Å². The lowest BCUT2D eigenvalue weighted by atomic mass is 9.86. The molecular formula is C36H33N2O8P. The minimum atomic E-state index is -4.49. The van der Waals surface area contributed by atoms with Crippen LogP contribution in [-0.4, -0.2) is 20.6 Å². The minimum Gasteiger partial charge on any atom is -0.508 e. The van der Waals surface area contributed by atoms with Gasteiger partial charge in [0.15, 0.2) is 0 Å². The molecular weight excluding hydrogens is 619 g/mol. The Hall–Kier alpha value is -4.60. The minimum absolute atomic E-state index is 0.0212. The van der Waals surface area contributed by atoms with Gasteiger partial charge in [-0.1, -0.05) is 74.5 Å². The van der Waals surface area contributed by atoms with E-state index in [1.165, 1.54) is 0 Å². The van der Waals surface area contributed by atoms with E-state index in [0.29, 0.717) is 23.3 Å². The van der Waals surface area contributed by atoms with Crippen molar-refractivity contribution in [3.05, 3.63) is 129 Å². The number of aromatic hydroxyl groups is 1. The smallest absolute Gasteiger partial charge is 0.476 e. The van der Waals surface area contributed by atoms with Crippen molar-refractivity contribution in [3.8, 4) is 17.1 Å². The summed E-state index contributed by atoms with van der Waals surface area (Å²) in [5, 5.41) is 11.0. The maximum absolute atomic E-state index is 14.5. The Kier molecular flexibility index (Phi) is 8.06. The van der Waals surface area contributed by atoms with Crippen molar-refractivity contribution in [3.63, 3.8) is 0 Å². The molecule has 7 rings (SSSR count). The Morgan fingerprint density at radius 3 is 2.19 bits per heavy atom. The maximum atomic E-state index is 14.5. The molecule has 3 aromatic carbocycles. The van der Waals surface area contributed by atoms with Crippen LogP contribution in [0.1, 0.15) is 53.6 Å². The second kappa shape index (κ2) is 12.2. The fourth-order valence-electron chi connectivity index (χ4n) is 6.43. The Labute approximate surface area is 271 Å². The topological polar surface area (TPSA) is 126 Å². The summed E-state index contributed by atoms with van der Waals surface area (Å²) in [6, 6.07) is 25.0. The molecule has 0 aliphatic carbocycles. The summed E-state index contributed by atoms with van der Waals surface area (Å²) >= 11 is 0. The van der Waals surface area contributed by atoms with Gasteiger partial charge < -0.3 is 14.4 Å². The van der Waals surface area contributed by atoms with Crippen LogP contribution in [0.15, 0.2) is 89.7 Å². The van der Waals surface area contributed by atoms with Crippen LogP contribution in [0.25, 0.3) is 22.3 Å². The summed E-state index contributed by atoms with van der Waals surface area (Å²) < 4.78 is 39.8. The predicted molar refractivity (Wildman–Crippen MR) is 175 cm³/mol. The number of ether oxygens (including phenoxy) is 1. The first-order chi connectivity index (χ1) is 22.7. The van der Waals surface area contributed by atoms with Crippen LogP contribution in [0, 0.1) is 0 Å². The Balaban J connectivity index is 1.34. The van der Waals surface area contributed by atoms with Crippen molar-refractivity contribution in [2.75, 3.05) is 0 Å². The number of phenolic OH excluding ortho intramolecular Hbond substituents is 1. The van der Waals surface area contributed by atoms with E-state index in [4.69, 9.17) is 23.3 Å². The quantitative estimate of drug-likeness (QED) is 0.124. The van der Waals surface area contributed by atoms with Crippen molar-refractivity contribution in [2.45, 2.75) is 58.7 Å². The lowest BCUT2D eigenvalue weighted by molar-refractivity contribution is -0.171. The van der Waals surface area contributed by atoms with Gasteiger partial charge in [-0.15, -0.1) is 0 Å². The van der Waals surface area contributed by atoms with Crippen LogP contribution in [0.5, 0.6) is 5.75 Å². The summed E-state index contributed by atoms with van der Waals surface area (Å²) in [5.41, 5.74) is 3.21. The molecule has 0 saturated heterocycles. The third kappa shape index (κ3) is 5.47. The van der Waals surface area contributed by atoms with E-state index in [2.05, 4.69) is 0 Å². The fourth-order valence-corrected chi connectivity index (χ4v) is 7.91. The van der Waals surface area contributed by atoms with E-state index in [1.807, 2.05) is 67.6 Å². The number of benzene rings is 3. The molecule has 10 nitrogen and oxygen atoms in total. The summed E-state index contributed by atoms with van der Waals surface area (Å²) in [5.74, 6) is -0.663. The Bertz CT molecular complexity index is 2070. The van der Waals surface area contributed by atoms with Gasteiger partial charge in [-0.2, -0.15) is 0 Å². The Morgan fingerprint density at radius 2 is 1.57 bits per heavy atom. The molecule has 11 heteroatoms. The molecule has 47 heavy (non-hydrogen) atoms. The molecule has 0 fully saturated rings. The van der Waals surface area contributed by atoms with E-state index in [1.54, 1.807) is 35.8 Å². The Morgan fingerprint density at radius 1 is 0.915 bits per heavy atom. The largest absolute Gasteiger partial charge is 0.508 e. The molecule has 2 aliphatic heterocycles. The summed E-state index contributed by atoms with van der Waals surface area (Å²) in [4.78, 5) is 32.8. The second-order valence-corrected chi connectivity index (χ2v) is 13.2. The lowest BCUT2D eigenvalue weighted by Gasteiger charge is -2.37. The first-order valence-electron chi connectivity index (χ1n) is 15.5. The number of aromatic nitrogens is 2. The van der Waals surface area contributed by atoms with Gasteiger partial charge in [0.05, 0.1) is 42.2 Å². The number of esters is 1. The molecule has 1 unspecified atom stereocenters. The molecule has 5 aromatic rings. The fraction of sp³-hybridized carbons (Fsp3) is 0.250. The zero-order valence-electron chi connectivity index (χ0n) is 26.0. The number of phosphoric acid groups is 1. The number of phenols is 1. The number of fused-ring (bicyclic) bond motifs is 5. The number of nitrogens with zero attached hydrogens (tertiary/aromatic N) is 2. The normalized spacial score (nSPS) is 16.9. The van der Waals surface area contributed by atoms with Gasteiger partial charge in [-0.05, 0) is 53.8 Å². The highest BCUT2D eigenvalue weighted by Crippen LogP contribution is 2.58. The first kappa shape index (κ1) is 31.0. The van der Waals surface area contributed by atoms with Gasteiger partial charge in [-0.25, -0.2) is 14.3 Å². The maximum Gasteiger partial charge on any atom is 0.476 e. The summed E-state index contributed by atoms with van der Waals surface area (Å²) in [6.07, 6.45) is 0.629. The van der Waals surface area contributed by atoms with Crippen LogP contribution in [0.4, 0.5) is 0 Å². The molecule has 1 atom stereocenters. The molecule has 0 amide bonds. The molecule has 4 heterocycles. The number of hydrogen-bond donors (Lipinski definition) is 1. The van der Waals surface area contributed by atoms with E-state index in [0.717, 1.165) is 27.6 Å². The van der Waals surface area contributed by atoms with Gasteiger partial charge in [0.1, 0.15) is 12.4 Å². The molecule has 2 aromatic heterocycles. The number of hydrogen-bond acceptors (Lipinski definition) is 9. The van der Waals surface area contributed by atoms with Crippen molar-refractivity contribution >= 4 is 24.7 Å². The third-order valence-corrected chi connectivity index (χ3v) is 10.3. The number of pyridine rings is 2. The summed E-state index contributed by atoms with van der Waals surface area (Å²) in [7, 11) is -4.49. The zero-order chi connectivity index (χ0) is 32.8. The number of carbonyl (C=O) groups is 1. The van der Waals surface area contributed by atoms with Crippen LogP contribution >= 0.6 is 7.82 Å². The van der Waals surface area contributed by atoms with Gasteiger partial charge in [0.25, 0.3) is 5.56 Å². The number of carbonyl (C=O) groups excluding carboxylic acids is 1. The standard InChI is InChI=1S/C36H33N2O8P/c1-3-26-27-17-25(39)15-16-31(27)37-33-28(26)19-38-32(33)18-30-29(34(38)40)22-43-35(41)36(30,4-2)46-47(42,44-20-23-11-7-5-8-12-23)45-21-24-13-9-6-10-14-24/h5-18,39H,3-4,19-22H2,1-2H3. The van der Waals surface area contributed by atoms with Gasteiger partial charge in [0.2, 0.25) is 5.60 Å². The van der Waals surface area contributed by atoms with Crippen LogP contribution in [-0.2, 0) is 66.1 Å². The molecule has 0 bridgehead atoms. The number of phosphoric ester groups is 1. The van der Waals surface area contributed by atoms with Crippen molar-refractivity contribution < 1.29 is 32.8 Å². The van der Waals surface area contributed by atoms with Crippen molar-refractivity contribution in [1.29, 1.82) is 0 Å². The molecule has 0 saturated carbocycles. The van der Waals surface area contributed by atoms with Crippen LogP contribution in [0.2, 0.25) is 0 Å². The molecule has 2 aliphatic rings. The number of cyclic esters (lactones) is 1. The first-order valence-corrected chi connectivity index (χ1v) is 17.0. The van der Waals surface area contributed by atoms with Gasteiger partial charge in [0, 0.05) is 16.5 Å². The number of rotatable bonds is 10. The average molecular weight is 653 g/mol. The van der Waals surface area contributed by atoms with Crippen molar-refractivity contribution in [2.24, 2.45) is 0 Å². The molecule has 1 N–H and O–H groups in total. The SMILES string of the molecule is CCc1c2c(nc3ccc(O)cc13)-c1cc3c(c(=O)n1C2)COC(=O)C3(CC)OP(=O)(OCc1ccccc1)OCc1ccccc1. The lowest BCUT2D eigenvalue weighted by Crippen LogP contribution is -2.46. The monoisotopic (exact) mass is 652 g/mol. The van der Waals surface area contributed by atoms with Gasteiger partial charge >= 0.3 is 13.8 Å². The van der Waals surface area contributed by atoms with E-state index < -0.39 is 19.4 Å². The van der Waals surface area contributed by atoms with E-state index in [9.17, 15) is 19.3 Å². The second-order valence-electron chi connectivity index (χ2n) is 11.6. The molecule has 0 radical (unpaired) electrons. The van der Waals surface area contributed by atoms with E-state index >= 15 is 0 Å². The number of aryl methyl sites for hydroxylation is 1. The summed E-state index contributed by atoms with van der Waals surface area (Å²) in [6.45, 7) is 3.49. The van der Waals surface area contributed by atoms with E-state index in [-0.39, 0.29) is 55.2 Å². The highest BCUT2D eigenvalue weighted by atomic mass is 31.2. The highest BCUT2D eigenvalue weighted by Gasteiger charge is 2.53. The third-order valence-electron chi connectivity index (χ3n) is 8.84. The molecule has 0 spiro atoms. The highest BCUT2D eigenvalue weighted by molar-refractivity contribution is 7.48.